The molecule has 0 spiro atoms. The summed E-state index contributed by atoms with van der Waals surface area (Å²) in [5.74, 6) is -0.702. The predicted octanol–water partition coefficient (Wildman–Crippen LogP) is 0.161. The summed E-state index contributed by atoms with van der Waals surface area (Å²) < 4.78 is 30.7. The van der Waals surface area contributed by atoms with E-state index in [2.05, 4.69) is 0 Å². The van der Waals surface area contributed by atoms with Crippen molar-refractivity contribution in [3.8, 4) is 0 Å². The van der Waals surface area contributed by atoms with E-state index in [-0.39, 0.29) is 11.8 Å². The van der Waals surface area contributed by atoms with Crippen LogP contribution in [0.3, 0.4) is 0 Å². The van der Waals surface area contributed by atoms with Gasteiger partial charge in [-0.3, -0.25) is 9.35 Å². The van der Waals surface area contributed by atoms with Crippen molar-refractivity contribution < 1.29 is 22.2 Å². The molecule has 6 nitrogen and oxygen atoms in total. The summed E-state index contributed by atoms with van der Waals surface area (Å²) in [6.07, 6.45) is 4.11. The Labute approximate surface area is 109 Å². The van der Waals surface area contributed by atoms with Gasteiger partial charge in [-0.1, -0.05) is 6.08 Å². The van der Waals surface area contributed by atoms with E-state index in [0.717, 1.165) is 6.54 Å². The molecule has 0 aromatic carbocycles. The number of amides is 1. The topological polar surface area (TPSA) is 97.5 Å². The average molecular weight is 279 g/mol. The lowest BCUT2D eigenvalue weighted by molar-refractivity contribution is -0.912. The highest BCUT2D eigenvalue weighted by Gasteiger charge is 2.24. The second-order valence-corrected chi connectivity index (χ2v) is 6.59. The second-order valence-electron chi connectivity index (χ2n) is 5.02. The molecule has 0 heterocycles. The Morgan fingerprint density at radius 2 is 2.00 bits per heavy atom. The molecule has 1 atom stereocenters. The molecule has 0 rings (SSSR count). The summed E-state index contributed by atoms with van der Waals surface area (Å²) in [6, 6.07) is 0.0916. The molecule has 0 bridgehead atoms. The summed E-state index contributed by atoms with van der Waals surface area (Å²) in [4.78, 5) is 10.5. The third kappa shape index (κ3) is 8.21. The third-order valence-corrected chi connectivity index (χ3v) is 3.89. The van der Waals surface area contributed by atoms with Crippen LogP contribution in [0.2, 0.25) is 0 Å². The van der Waals surface area contributed by atoms with Crippen molar-refractivity contribution >= 4 is 16.0 Å². The molecule has 0 aliphatic rings. The minimum atomic E-state index is -3.90. The molecule has 0 saturated heterocycles. The largest absolute Gasteiger partial charge is 0.366 e. The Morgan fingerprint density at radius 1 is 1.44 bits per heavy atom. The smallest absolute Gasteiger partial charge is 0.265 e. The molecule has 0 fully saturated rings. The molecule has 0 aliphatic carbocycles. The summed E-state index contributed by atoms with van der Waals surface area (Å²) in [5, 5.41) is 0. The van der Waals surface area contributed by atoms with E-state index in [1.807, 2.05) is 21.0 Å². The zero-order valence-electron chi connectivity index (χ0n) is 11.2. The highest BCUT2D eigenvalue weighted by molar-refractivity contribution is 7.85. The van der Waals surface area contributed by atoms with Gasteiger partial charge in [-0.25, -0.2) is 0 Å². The molecule has 0 aromatic rings. The monoisotopic (exact) mass is 279 g/mol. The second kappa shape index (κ2) is 6.86. The molecular formula is C11H23N2O4S+. The molecule has 3 N–H and O–H groups in total. The van der Waals surface area contributed by atoms with Gasteiger partial charge in [0.1, 0.15) is 0 Å². The van der Waals surface area contributed by atoms with Crippen LogP contribution in [0.25, 0.3) is 0 Å². The van der Waals surface area contributed by atoms with Crippen molar-refractivity contribution in [3.63, 3.8) is 0 Å². The molecular weight excluding hydrogens is 256 g/mol. The fraction of sp³-hybridized carbons (Fsp3) is 0.727. The molecule has 1 unspecified atom stereocenters. The molecule has 106 valence electrons. The van der Waals surface area contributed by atoms with E-state index < -0.39 is 16.0 Å². The first-order valence-electron chi connectivity index (χ1n) is 5.78. The van der Waals surface area contributed by atoms with Gasteiger partial charge in [0.2, 0.25) is 5.91 Å². The van der Waals surface area contributed by atoms with Crippen LogP contribution >= 0.6 is 0 Å². The Kier molecular flexibility index (Phi) is 6.51. The van der Waals surface area contributed by atoms with Crippen molar-refractivity contribution in [2.75, 3.05) is 26.4 Å². The number of nitrogens with zero attached hydrogens (tertiary/aromatic N) is 1. The molecule has 0 saturated carbocycles. The lowest BCUT2D eigenvalue weighted by atomic mass is 10.2. The van der Waals surface area contributed by atoms with Gasteiger partial charge in [0.25, 0.3) is 10.1 Å². The van der Waals surface area contributed by atoms with Crippen LogP contribution in [0, 0.1) is 0 Å². The van der Waals surface area contributed by atoms with Crippen LogP contribution in [-0.2, 0) is 14.9 Å². The SMILES string of the molecule is CC(CCS(=O)(=O)O)[N+](C)(C)CCC=CC(N)=O. The summed E-state index contributed by atoms with van der Waals surface area (Å²) in [7, 11) is 0.0568. The molecule has 0 radical (unpaired) electrons. The van der Waals surface area contributed by atoms with E-state index in [4.69, 9.17) is 10.3 Å². The van der Waals surface area contributed by atoms with Crippen LogP contribution in [0.5, 0.6) is 0 Å². The lowest BCUT2D eigenvalue weighted by Gasteiger charge is -2.36. The van der Waals surface area contributed by atoms with Gasteiger partial charge in [-0.05, 0) is 13.0 Å². The fourth-order valence-electron chi connectivity index (χ4n) is 1.50. The van der Waals surface area contributed by atoms with E-state index >= 15 is 0 Å². The summed E-state index contributed by atoms with van der Waals surface area (Å²) in [5.41, 5.74) is 4.97. The van der Waals surface area contributed by atoms with E-state index in [9.17, 15) is 13.2 Å². The third-order valence-electron chi connectivity index (χ3n) is 3.14. The van der Waals surface area contributed by atoms with Crippen LogP contribution < -0.4 is 5.73 Å². The predicted molar refractivity (Wildman–Crippen MR) is 70.4 cm³/mol. The number of carbonyl (C=O) groups excluding carboxylic acids is 1. The van der Waals surface area contributed by atoms with Crippen LogP contribution in [0.4, 0.5) is 0 Å². The first kappa shape index (κ1) is 17.1. The number of carbonyl (C=O) groups is 1. The van der Waals surface area contributed by atoms with Crippen LogP contribution in [0.15, 0.2) is 12.2 Å². The van der Waals surface area contributed by atoms with Crippen LogP contribution in [0.1, 0.15) is 19.8 Å². The Morgan fingerprint density at radius 3 is 2.44 bits per heavy atom. The van der Waals surface area contributed by atoms with Crippen molar-refractivity contribution in [1.29, 1.82) is 0 Å². The Bertz CT molecular complexity index is 401. The highest BCUT2D eigenvalue weighted by Crippen LogP contribution is 2.12. The van der Waals surface area contributed by atoms with E-state index in [1.54, 1.807) is 6.08 Å². The van der Waals surface area contributed by atoms with Gasteiger partial charge in [0.15, 0.2) is 0 Å². The van der Waals surface area contributed by atoms with Gasteiger partial charge in [-0.15, -0.1) is 0 Å². The Balaban J connectivity index is 4.22. The number of rotatable bonds is 8. The van der Waals surface area contributed by atoms with Crippen molar-refractivity contribution in [2.24, 2.45) is 5.73 Å². The van der Waals surface area contributed by atoms with Gasteiger partial charge in [0, 0.05) is 12.8 Å². The van der Waals surface area contributed by atoms with Crippen molar-refractivity contribution in [1.82, 2.24) is 0 Å². The zero-order chi connectivity index (χ0) is 14.4. The maximum Gasteiger partial charge on any atom is 0.265 e. The molecule has 0 aromatic heterocycles. The number of nitrogens with two attached hydrogens (primary N) is 1. The maximum absolute atomic E-state index is 10.7. The Hall–Kier alpha value is -0.920. The zero-order valence-corrected chi connectivity index (χ0v) is 12.0. The number of primary amides is 1. The lowest BCUT2D eigenvalue weighted by Crippen LogP contribution is -2.48. The highest BCUT2D eigenvalue weighted by atomic mass is 32.2. The van der Waals surface area contributed by atoms with E-state index in [1.165, 1.54) is 6.08 Å². The van der Waals surface area contributed by atoms with Gasteiger partial charge < -0.3 is 10.2 Å². The first-order chi connectivity index (χ1) is 8.04. The van der Waals surface area contributed by atoms with Gasteiger partial charge in [-0.2, -0.15) is 8.42 Å². The maximum atomic E-state index is 10.7. The number of hydrogen-bond acceptors (Lipinski definition) is 3. The number of hydrogen-bond donors (Lipinski definition) is 2. The molecule has 7 heteroatoms. The quantitative estimate of drug-likeness (QED) is 0.376. The average Bonchev–Trinajstić information content (AvgIpc) is 2.19. The standard InChI is InChI=1S/C11H22N2O4S/c1-10(7-9-18(15,16)17)13(2,3)8-5-4-6-11(12)14/h4,6,10H,5,7-9H2,1-3H3,(H2-,12,14,15,16,17)/p+1. The summed E-state index contributed by atoms with van der Waals surface area (Å²) >= 11 is 0. The van der Waals surface area contributed by atoms with Crippen LogP contribution in [-0.4, -0.2) is 55.8 Å². The molecule has 18 heavy (non-hydrogen) atoms. The molecule has 0 aliphatic heterocycles. The van der Waals surface area contributed by atoms with Crippen molar-refractivity contribution in [3.05, 3.63) is 12.2 Å². The normalized spacial score (nSPS) is 14.9. The first-order valence-corrected chi connectivity index (χ1v) is 7.39. The van der Waals surface area contributed by atoms with Gasteiger partial charge >= 0.3 is 0 Å². The van der Waals surface area contributed by atoms with E-state index in [0.29, 0.717) is 17.3 Å². The minimum absolute atomic E-state index is 0.0916. The summed E-state index contributed by atoms with van der Waals surface area (Å²) in [6.45, 7) is 2.69. The fourth-order valence-corrected chi connectivity index (χ4v) is 2.14. The van der Waals surface area contributed by atoms with Crippen molar-refractivity contribution in [2.45, 2.75) is 25.8 Å². The minimum Gasteiger partial charge on any atom is -0.366 e. The van der Waals surface area contributed by atoms with Gasteiger partial charge in [0.05, 0.1) is 32.4 Å². The molecule has 1 amide bonds. The number of quaternary nitrogens is 1.